The van der Waals surface area contributed by atoms with Crippen LogP contribution in [0.5, 0.6) is 0 Å². The molecule has 10 heavy (non-hydrogen) atoms. The molecule has 0 aromatic carbocycles. The van der Waals surface area contributed by atoms with E-state index < -0.39 is 10.8 Å². The van der Waals surface area contributed by atoms with Crippen LogP contribution in [0.3, 0.4) is 0 Å². The lowest BCUT2D eigenvalue weighted by Gasteiger charge is -1.94. The summed E-state index contributed by atoms with van der Waals surface area (Å²) in [6, 6.07) is 0. The molecule has 0 saturated carbocycles. The van der Waals surface area contributed by atoms with Gasteiger partial charge in [-0.25, -0.2) is 0 Å². The number of nitrogens with two attached hydrogens (primary N) is 2. The minimum atomic E-state index is -0.689. The summed E-state index contributed by atoms with van der Waals surface area (Å²) in [6.07, 6.45) is 0. The summed E-state index contributed by atoms with van der Waals surface area (Å²) in [5, 5.41) is 5.53. The number of hydrogen-bond acceptors (Lipinski definition) is 2. The highest BCUT2D eigenvalue weighted by Gasteiger charge is 1.99. The fourth-order valence-corrected chi connectivity index (χ4v) is 2.00. The number of thioether (sulfide) groups is 1. The third-order valence-electron chi connectivity index (χ3n) is 0.902. The van der Waals surface area contributed by atoms with E-state index in [1.54, 1.807) is 0 Å². The van der Waals surface area contributed by atoms with Crippen molar-refractivity contribution >= 4 is 27.7 Å². The van der Waals surface area contributed by atoms with Gasteiger partial charge in [-0.3, -0.25) is 15.4 Å². The zero-order chi connectivity index (χ0) is 7.98. The van der Waals surface area contributed by atoms with E-state index >= 15 is 0 Å². The molecule has 3 nitrogen and oxygen atoms in total. The van der Waals surface area contributed by atoms with E-state index in [2.05, 4.69) is 0 Å². The summed E-state index contributed by atoms with van der Waals surface area (Å²) in [5.74, 6) is 2.15. The van der Waals surface area contributed by atoms with Crippen molar-refractivity contribution in [1.82, 2.24) is 0 Å². The van der Waals surface area contributed by atoms with Gasteiger partial charge >= 0.3 is 0 Å². The van der Waals surface area contributed by atoms with Crippen LogP contribution in [0.2, 0.25) is 0 Å². The molecule has 0 rings (SSSR count). The van der Waals surface area contributed by atoms with E-state index in [-0.39, 0.29) is 0 Å². The molecule has 1 unspecified atom stereocenters. The van der Waals surface area contributed by atoms with Gasteiger partial charge in [0.25, 0.3) is 5.17 Å². The van der Waals surface area contributed by atoms with Crippen molar-refractivity contribution in [3.05, 3.63) is 0 Å². The van der Waals surface area contributed by atoms with Gasteiger partial charge in [0.15, 0.2) is 0 Å². The first-order valence-electron chi connectivity index (χ1n) is 3.02. The van der Waals surface area contributed by atoms with Gasteiger partial charge < -0.3 is 0 Å². The monoisotopic (exact) mass is 181 g/mol. The van der Waals surface area contributed by atoms with Gasteiger partial charge in [-0.05, 0) is 11.8 Å². The van der Waals surface area contributed by atoms with Crippen molar-refractivity contribution < 1.29 is 9.62 Å². The van der Waals surface area contributed by atoms with Gasteiger partial charge in [-0.1, -0.05) is 6.92 Å². The van der Waals surface area contributed by atoms with Crippen LogP contribution in [0, 0.1) is 0 Å². The number of amidine groups is 1. The topological polar surface area (TPSA) is 68.7 Å². The second kappa shape index (κ2) is 5.73. The van der Waals surface area contributed by atoms with Gasteiger partial charge in [-0.15, -0.1) is 0 Å². The van der Waals surface area contributed by atoms with Crippen LogP contribution in [0.25, 0.3) is 0 Å². The summed E-state index contributed by atoms with van der Waals surface area (Å²) >= 11 is 1.35. The SMILES string of the molecule is CCS(=O)CCSC(N)=[NH2+]. The molecule has 60 valence electrons. The van der Waals surface area contributed by atoms with E-state index in [1.807, 2.05) is 6.92 Å². The van der Waals surface area contributed by atoms with Crippen molar-refractivity contribution in [1.29, 1.82) is 0 Å². The average molecular weight is 181 g/mol. The van der Waals surface area contributed by atoms with Gasteiger partial charge in [0.2, 0.25) is 0 Å². The highest BCUT2D eigenvalue weighted by molar-refractivity contribution is 8.13. The molecular weight excluding hydrogens is 168 g/mol. The maximum atomic E-state index is 10.8. The van der Waals surface area contributed by atoms with Gasteiger partial charge in [0.1, 0.15) is 0 Å². The first kappa shape index (κ1) is 9.97. The summed E-state index contributed by atoms with van der Waals surface area (Å²) in [4.78, 5) is 0. The molecule has 0 radical (unpaired) electrons. The summed E-state index contributed by atoms with van der Waals surface area (Å²) in [7, 11) is -0.689. The predicted molar refractivity (Wildman–Crippen MR) is 47.1 cm³/mol. The zero-order valence-electron chi connectivity index (χ0n) is 6.00. The minimum absolute atomic E-state index is 0.355. The van der Waals surface area contributed by atoms with E-state index in [9.17, 15) is 4.21 Å². The zero-order valence-corrected chi connectivity index (χ0v) is 7.63. The molecule has 0 aliphatic heterocycles. The second-order valence-corrected chi connectivity index (χ2v) is 4.72. The molecule has 0 aliphatic carbocycles. The van der Waals surface area contributed by atoms with Crippen LogP contribution in [-0.2, 0) is 10.8 Å². The van der Waals surface area contributed by atoms with Crippen LogP contribution in [0.15, 0.2) is 0 Å². The van der Waals surface area contributed by atoms with Crippen LogP contribution in [-0.4, -0.2) is 26.6 Å². The Labute approximate surface area is 67.7 Å². The molecule has 5 heteroatoms. The highest BCUT2D eigenvalue weighted by atomic mass is 32.2. The fourth-order valence-electron chi connectivity index (χ4n) is 0.397. The Bertz CT molecular complexity index is 138. The first-order chi connectivity index (χ1) is 4.66. The van der Waals surface area contributed by atoms with Crippen molar-refractivity contribution in [2.24, 2.45) is 5.73 Å². The van der Waals surface area contributed by atoms with E-state index in [0.717, 1.165) is 5.75 Å². The lowest BCUT2D eigenvalue weighted by molar-refractivity contribution is -0.110. The largest absolute Gasteiger partial charge is 0.299 e. The Hall–Kier alpha value is -0.0300. The summed E-state index contributed by atoms with van der Waals surface area (Å²) < 4.78 is 10.8. The quantitative estimate of drug-likeness (QED) is 0.412. The lowest BCUT2D eigenvalue weighted by Crippen LogP contribution is -2.43. The van der Waals surface area contributed by atoms with Crippen molar-refractivity contribution in [3.63, 3.8) is 0 Å². The fraction of sp³-hybridized carbons (Fsp3) is 0.800. The molecule has 0 aromatic rings. The minimum Gasteiger partial charge on any atom is -0.282 e. The van der Waals surface area contributed by atoms with Gasteiger partial charge in [-0.2, -0.15) is 0 Å². The van der Waals surface area contributed by atoms with Crippen LogP contribution < -0.4 is 11.1 Å². The maximum Gasteiger partial charge on any atom is 0.299 e. The maximum absolute atomic E-state index is 10.8. The van der Waals surface area contributed by atoms with Crippen molar-refractivity contribution in [3.8, 4) is 0 Å². The molecule has 0 amide bonds. The van der Waals surface area contributed by atoms with Crippen molar-refractivity contribution in [2.75, 3.05) is 17.3 Å². The summed E-state index contributed by atoms with van der Waals surface area (Å²) in [5.41, 5.74) is 5.18. The molecule has 0 aliphatic rings. The van der Waals surface area contributed by atoms with Gasteiger partial charge in [0, 0.05) is 28.1 Å². The van der Waals surface area contributed by atoms with Crippen LogP contribution in [0.1, 0.15) is 6.92 Å². The Morgan fingerprint density at radius 2 is 2.40 bits per heavy atom. The molecule has 0 heterocycles. The average Bonchev–Trinajstić information content (AvgIpc) is 1.87. The van der Waals surface area contributed by atoms with Crippen LogP contribution in [0.4, 0.5) is 0 Å². The standard InChI is InChI=1S/C5H12N2OS2/c1-2-10(8)4-3-9-5(6)7/h2-4H2,1H3,(H3,6,7)/p+1. The predicted octanol–water partition coefficient (Wildman–Crippen LogP) is -1.44. The lowest BCUT2D eigenvalue weighted by atomic mass is 10.9. The Kier molecular flexibility index (Phi) is 5.71. The highest BCUT2D eigenvalue weighted by Crippen LogP contribution is 1.96. The van der Waals surface area contributed by atoms with Crippen LogP contribution >= 0.6 is 11.8 Å². The van der Waals surface area contributed by atoms with Gasteiger partial charge in [0.05, 0.1) is 0 Å². The number of rotatable bonds is 4. The molecule has 4 N–H and O–H groups in total. The van der Waals surface area contributed by atoms with E-state index in [0.29, 0.717) is 16.7 Å². The molecule has 0 spiro atoms. The smallest absolute Gasteiger partial charge is 0.282 e. The normalized spacial score (nSPS) is 12.9. The molecule has 1 atom stereocenters. The third kappa shape index (κ3) is 6.10. The van der Waals surface area contributed by atoms with Crippen molar-refractivity contribution in [2.45, 2.75) is 6.92 Å². The van der Waals surface area contributed by atoms with E-state index in [4.69, 9.17) is 11.1 Å². The second-order valence-electron chi connectivity index (χ2n) is 1.68. The Balaban J connectivity index is 3.20. The molecule has 0 fully saturated rings. The Morgan fingerprint density at radius 3 is 2.80 bits per heavy atom. The third-order valence-corrected chi connectivity index (χ3v) is 3.21. The molecule has 0 bridgehead atoms. The van der Waals surface area contributed by atoms with E-state index in [1.165, 1.54) is 11.8 Å². The molecular formula is C5H13N2OS2+. The molecule has 0 aromatic heterocycles. The first-order valence-corrected chi connectivity index (χ1v) is 5.49. The number of hydrogen-bond donors (Lipinski definition) is 2. The summed E-state index contributed by atoms with van der Waals surface area (Å²) in [6.45, 7) is 1.90. The molecule has 0 saturated heterocycles. The Morgan fingerprint density at radius 1 is 1.80 bits per heavy atom.